The number of methoxy groups -OCH3 is 1. The minimum atomic E-state index is -1.31. The monoisotopic (exact) mass is 284 g/mol. The summed E-state index contributed by atoms with van der Waals surface area (Å²) in [6.07, 6.45) is -0.104. The fourth-order valence-corrected chi connectivity index (χ4v) is 3.06. The van der Waals surface area contributed by atoms with Gasteiger partial charge < -0.3 is 19.3 Å². The Morgan fingerprint density at radius 3 is 2.90 bits per heavy atom. The molecule has 2 atom stereocenters. The van der Waals surface area contributed by atoms with E-state index in [0.717, 1.165) is 28.2 Å². The van der Waals surface area contributed by atoms with Gasteiger partial charge in [0.2, 0.25) is 5.79 Å². The van der Waals surface area contributed by atoms with Crippen LogP contribution in [0.5, 0.6) is 11.5 Å². The van der Waals surface area contributed by atoms with E-state index in [1.165, 1.54) is 0 Å². The van der Waals surface area contributed by atoms with Crippen LogP contribution in [-0.4, -0.2) is 18.0 Å². The molecule has 0 fully saturated rings. The molecule has 1 N–H and O–H groups in total. The van der Waals surface area contributed by atoms with E-state index >= 15 is 0 Å². The van der Waals surface area contributed by atoms with Crippen molar-refractivity contribution in [2.75, 3.05) is 7.11 Å². The smallest absolute Gasteiger partial charge is 0.212 e. The maximum absolute atomic E-state index is 10.8. The molecule has 0 amide bonds. The van der Waals surface area contributed by atoms with Crippen LogP contribution >= 0.6 is 0 Å². The quantitative estimate of drug-likeness (QED) is 0.874. The van der Waals surface area contributed by atoms with E-state index in [-0.39, 0.29) is 0 Å². The lowest BCUT2D eigenvalue weighted by Crippen LogP contribution is -2.49. The van der Waals surface area contributed by atoms with Crippen molar-refractivity contribution < 1.29 is 19.3 Å². The highest BCUT2D eigenvalue weighted by atomic mass is 16.7. The number of hydrogen-bond donors (Lipinski definition) is 1. The van der Waals surface area contributed by atoms with Gasteiger partial charge in [-0.2, -0.15) is 0 Å². The number of hydrogen-bond acceptors (Lipinski definition) is 4. The van der Waals surface area contributed by atoms with Crippen molar-refractivity contribution in [2.45, 2.75) is 24.9 Å². The molecule has 4 heteroatoms. The van der Waals surface area contributed by atoms with Gasteiger partial charge in [0.15, 0.2) is 6.10 Å². The van der Waals surface area contributed by atoms with Crippen LogP contribution < -0.4 is 9.47 Å². The first kappa shape index (κ1) is 12.7. The van der Waals surface area contributed by atoms with E-state index < -0.39 is 11.9 Å². The normalized spacial score (nSPS) is 26.1. The zero-order chi connectivity index (χ0) is 14.4. The summed E-state index contributed by atoms with van der Waals surface area (Å²) in [6, 6.07) is 13.5. The number of benzene rings is 2. The van der Waals surface area contributed by atoms with Gasteiger partial charge in [-0.05, 0) is 17.2 Å². The van der Waals surface area contributed by atoms with E-state index in [1.54, 1.807) is 7.11 Å². The Bertz CT molecular complexity index is 697. The molecule has 2 heterocycles. The highest BCUT2D eigenvalue weighted by molar-refractivity contribution is 5.45. The van der Waals surface area contributed by atoms with Gasteiger partial charge in [-0.1, -0.05) is 30.3 Å². The molecular formula is C17H16O4. The molecule has 0 bridgehead atoms. The van der Waals surface area contributed by atoms with Crippen LogP contribution in [0.2, 0.25) is 0 Å². The van der Waals surface area contributed by atoms with Gasteiger partial charge >= 0.3 is 0 Å². The third-order valence-electron chi connectivity index (χ3n) is 4.19. The fraction of sp³-hybridized carbons (Fsp3) is 0.294. The zero-order valence-corrected chi connectivity index (χ0v) is 11.7. The Morgan fingerprint density at radius 1 is 1.19 bits per heavy atom. The molecule has 2 aliphatic rings. The summed E-state index contributed by atoms with van der Waals surface area (Å²) >= 11 is 0. The predicted molar refractivity (Wildman–Crippen MR) is 76.2 cm³/mol. The first-order valence-corrected chi connectivity index (χ1v) is 6.97. The van der Waals surface area contributed by atoms with E-state index in [4.69, 9.17) is 14.2 Å². The third-order valence-corrected chi connectivity index (χ3v) is 4.19. The Labute approximate surface area is 122 Å². The molecule has 0 radical (unpaired) electrons. The summed E-state index contributed by atoms with van der Waals surface area (Å²) < 4.78 is 17.0. The van der Waals surface area contributed by atoms with Gasteiger partial charge in [0.1, 0.15) is 11.5 Å². The molecule has 0 saturated heterocycles. The van der Waals surface area contributed by atoms with Crippen molar-refractivity contribution in [1.29, 1.82) is 0 Å². The predicted octanol–water partition coefficient (Wildman–Crippen LogP) is 2.59. The maximum atomic E-state index is 10.8. The topological polar surface area (TPSA) is 47.9 Å². The summed E-state index contributed by atoms with van der Waals surface area (Å²) in [4.78, 5) is 0. The molecule has 0 aliphatic carbocycles. The molecule has 2 unspecified atom stereocenters. The molecule has 0 aromatic heterocycles. The molecule has 4 rings (SSSR count). The van der Waals surface area contributed by atoms with Crippen LogP contribution in [0, 0.1) is 0 Å². The number of rotatable bonds is 1. The molecule has 0 spiro atoms. The van der Waals surface area contributed by atoms with Crippen LogP contribution in [0.3, 0.4) is 0 Å². The minimum Gasteiger partial charge on any atom is -0.497 e. The largest absolute Gasteiger partial charge is 0.497 e. The number of aliphatic hydroxyl groups is 1. The molecule has 0 saturated carbocycles. The molecule has 2 aromatic rings. The number of fused-ring (bicyclic) bond motifs is 4. The van der Waals surface area contributed by atoms with Crippen molar-refractivity contribution in [3.05, 3.63) is 59.2 Å². The van der Waals surface area contributed by atoms with Crippen molar-refractivity contribution in [2.24, 2.45) is 0 Å². The molecule has 2 aliphatic heterocycles. The fourth-order valence-electron chi connectivity index (χ4n) is 3.06. The molecule has 108 valence electrons. The van der Waals surface area contributed by atoms with Gasteiger partial charge in [-0.25, -0.2) is 0 Å². The van der Waals surface area contributed by atoms with E-state index in [9.17, 15) is 5.11 Å². The molecule has 21 heavy (non-hydrogen) atoms. The van der Waals surface area contributed by atoms with Gasteiger partial charge in [0, 0.05) is 18.1 Å². The van der Waals surface area contributed by atoms with Crippen LogP contribution in [0.1, 0.15) is 22.8 Å². The van der Waals surface area contributed by atoms with Crippen molar-refractivity contribution in [3.63, 3.8) is 0 Å². The van der Waals surface area contributed by atoms with E-state index in [0.29, 0.717) is 13.0 Å². The zero-order valence-electron chi connectivity index (χ0n) is 11.7. The van der Waals surface area contributed by atoms with Gasteiger partial charge in [-0.3, -0.25) is 0 Å². The standard InChI is InChI=1S/C17H16O4/c1-19-13-7-6-11-9-17(18)16(21-15(11)8-13)14-5-3-2-4-12(14)10-20-17/h2-8,16,18H,9-10H2,1H3. The molecule has 4 nitrogen and oxygen atoms in total. The van der Waals surface area contributed by atoms with E-state index in [2.05, 4.69) is 0 Å². The van der Waals surface area contributed by atoms with Crippen LogP contribution in [0.15, 0.2) is 42.5 Å². The second-order valence-electron chi connectivity index (χ2n) is 5.48. The maximum Gasteiger partial charge on any atom is 0.212 e. The second kappa shape index (κ2) is 4.48. The van der Waals surface area contributed by atoms with Crippen molar-refractivity contribution in [3.8, 4) is 11.5 Å². The Kier molecular flexibility index (Phi) is 2.71. The lowest BCUT2D eigenvalue weighted by atomic mass is 9.87. The first-order chi connectivity index (χ1) is 10.2. The van der Waals surface area contributed by atoms with Crippen LogP contribution in [0.4, 0.5) is 0 Å². The summed E-state index contributed by atoms with van der Waals surface area (Å²) in [7, 11) is 1.62. The highest BCUT2D eigenvalue weighted by Gasteiger charge is 2.48. The van der Waals surface area contributed by atoms with E-state index in [1.807, 2.05) is 42.5 Å². The second-order valence-corrected chi connectivity index (χ2v) is 5.48. The van der Waals surface area contributed by atoms with Crippen molar-refractivity contribution in [1.82, 2.24) is 0 Å². The summed E-state index contributed by atoms with van der Waals surface area (Å²) in [5.41, 5.74) is 2.96. The van der Waals surface area contributed by atoms with Crippen LogP contribution in [0.25, 0.3) is 0 Å². The lowest BCUT2D eigenvalue weighted by Gasteiger charge is -2.44. The summed E-state index contributed by atoms with van der Waals surface area (Å²) in [6.45, 7) is 0.401. The first-order valence-electron chi connectivity index (χ1n) is 6.97. The molecular weight excluding hydrogens is 268 g/mol. The Morgan fingerprint density at radius 2 is 2.05 bits per heavy atom. The summed E-state index contributed by atoms with van der Waals surface area (Å²) in [5, 5.41) is 10.8. The summed E-state index contributed by atoms with van der Waals surface area (Å²) in [5.74, 6) is 0.171. The average Bonchev–Trinajstić information content (AvgIpc) is 2.52. The highest BCUT2D eigenvalue weighted by Crippen LogP contribution is 2.46. The third kappa shape index (κ3) is 1.91. The Balaban J connectivity index is 1.80. The van der Waals surface area contributed by atoms with Gasteiger partial charge in [0.05, 0.1) is 13.7 Å². The van der Waals surface area contributed by atoms with Crippen molar-refractivity contribution >= 4 is 0 Å². The van der Waals surface area contributed by atoms with Crippen LogP contribution in [-0.2, 0) is 17.8 Å². The SMILES string of the molecule is COc1ccc2c(c1)OC1c3ccccc3COC1(O)C2. The lowest BCUT2D eigenvalue weighted by molar-refractivity contribution is -0.273. The Hall–Kier alpha value is -2.04. The average molecular weight is 284 g/mol. The van der Waals surface area contributed by atoms with Gasteiger partial charge in [-0.15, -0.1) is 0 Å². The number of ether oxygens (including phenoxy) is 3. The minimum absolute atomic E-state index is 0.401. The molecule has 2 aromatic carbocycles. The van der Waals surface area contributed by atoms with Gasteiger partial charge in [0.25, 0.3) is 0 Å².